The summed E-state index contributed by atoms with van der Waals surface area (Å²) in [5.74, 6) is 1.48. The third-order valence-corrected chi connectivity index (χ3v) is 4.99. The fourth-order valence-corrected chi connectivity index (χ4v) is 3.44. The highest BCUT2D eigenvalue weighted by Gasteiger charge is 2.29. The number of rotatable bonds is 6. The number of benzene rings is 1. The Kier molecular flexibility index (Phi) is 5.66. The van der Waals surface area contributed by atoms with Crippen molar-refractivity contribution >= 4 is 17.4 Å². The zero-order chi connectivity index (χ0) is 18.6. The Hall–Kier alpha value is -2.28. The summed E-state index contributed by atoms with van der Waals surface area (Å²) in [6, 6.07) is 12.2. The lowest BCUT2D eigenvalue weighted by Gasteiger charge is -2.07. The molecular formula is C19H17F3N2OS. The summed E-state index contributed by atoms with van der Waals surface area (Å²) >= 11 is 1.66. The van der Waals surface area contributed by atoms with Crippen molar-refractivity contribution in [1.29, 1.82) is 0 Å². The highest BCUT2D eigenvalue weighted by Crippen LogP contribution is 2.29. The van der Waals surface area contributed by atoms with Crippen molar-refractivity contribution in [2.75, 3.05) is 5.75 Å². The first-order chi connectivity index (χ1) is 12.4. The number of alkyl halides is 3. The molecule has 3 rings (SSSR count). The van der Waals surface area contributed by atoms with Crippen LogP contribution in [0.3, 0.4) is 0 Å². The molecule has 136 valence electrons. The number of hydrogen-bond donors (Lipinski definition) is 0. The van der Waals surface area contributed by atoms with Gasteiger partial charge in [-0.25, -0.2) is 4.98 Å². The number of pyridine rings is 1. The first kappa shape index (κ1) is 18.5. The van der Waals surface area contributed by atoms with Gasteiger partial charge in [-0.2, -0.15) is 24.9 Å². The summed E-state index contributed by atoms with van der Waals surface area (Å²) in [4.78, 5) is 16.5. The second-order valence-corrected chi connectivity index (χ2v) is 6.97. The summed E-state index contributed by atoms with van der Waals surface area (Å²) < 4.78 is 39.1. The third-order valence-electron chi connectivity index (χ3n) is 3.91. The number of fused-ring (bicyclic) bond motifs is 1. The molecule has 3 aromatic rings. The molecule has 0 N–H and O–H groups in total. The number of thioether (sulfide) groups is 1. The molecule has 0 atom stereocenters. The Labute approximate surface area is 152 Å². The zero-order valence-electron chi connectivity index (χ0n) is 13.9. The smallest absolute Gasteiger partial charge is 0.269 e. The lowest BCUT2D eigenvalue weighted by molar-refractivity contribution is -0.137. The Balaban J connectivity index is 1.48. The first-order valence-electron chi connectivity index (χ1n) is 8.15. The van der Waals surface area contributed by atoms with Crippen LogP contribution in [0.5, 0.6) is 0 Å². The molecule has 0 bridgehead atoms. The van der Waals surface area contributed by atoms with Gasteiger partial charge in [0.05, 0.1) is 11.3 Å². The average Bonchev–Trinajstić information content (AvgIpc) is 2.61. The number of aryl methyl sites for hydroxylation is 1. The standard InChI is InChI=1S/C19H17F3N2OS/c20-19(21,22)15-8-6-14(7-9-15)4-3-11-26-13-16-12-18(25)24-10-2-1-5-17(24)23-16/h1-2,5-10,12H,3-4,11,13H2. The predicted molar refractivity (Wildman–Crippen MR) is 97.4 cm³/mol. The van der Waals surface area contributed by atoms with E-state index in [0.717, 1.165) is 42.0 Å². The lowest BCUT2D eigenvalue weighted by atomic mass is 10.1. The monoisotopic (exact) mass is 378 g/mol. The maximum atomic E-state index is 12.5. The molecule has 0 saturated carbocycles. The van der Waals surface area contributed by atoms with Gasteiger partial charge in [0.25, 0.3) is 5.56 Å². The fourth-order valence-electron chi connectivity index (χ4n) is 2.59. The van der Waals surface area contributed by atoms with Crippen LogP contribution in [0.2, 0.25) is 0 Å². The summed E-state index contributed by atoms with van der Waals surface area (Å²) in [5, 5.41) is 0. The van der Waals surface area contributed by atoms with E-state index in [9.17, 15) is 18.0 Å². The van der Waals surface area contributed by atoms with E-state index in [2.05, 4.69) is 4.98 Å². The van der Waals surface area contributed by atoms with Gasteiger partial charge in [-0.15, -0.1) is 0 Å². The van der Waals surface area contributed by atoms with Gasteiger partial charge in [0.2, 0.25) is 0 Å². The number of nitrogens with zero attached hydrogens (tertiary/aromatic N) is 2. The molecule has 0 spiro atoms. The first-order valence-corrected chi connectivity index (χ1v) is 9.30. The summed E-state index contributed by atoms with van der Waals surface area (Å²) in [7, 11) is 0. The van der Waals surface area contributed by atoms with Crippen LogP contribution < -0.4 is 5.56 Å². The van der Waals surface area contributed by atoms with Crippen LogP contribution in [0, 0.1) is 0 Å². The van der Waals surface area contributed by atoms with Crippen molar-refractivity contribution in [2.45, 2.75) is 24.8 Å². The molecule has 1 aromatic carbocycles. The van der Waals surface area contributed by atoms with Crippen molar-refractivity contribution < 1.29 is 13.2 Å². The molecule has 0 saturated heterocycles. The molecule has 0 radical (unpaired) electrons. The van der Waals surface area contributed by atoms with Gasteiger partial charge in [-0.05, 0) is 48.4 Å². The predicted octanol–water partition coefficient (Wildman–Crippen LogP) is 4.58. The minimum Gasteiger partial charge on any atom is -0.269 e. The van der Waals surface area contributed by atoms with Crippen molar-refractivity contribution in [3.8, 4) is 0 Å². The van der Waals surface area contributed by atoms with Crippen molar-refractivity contribution in [1.82, 2.24) is 9.38 Å². The molecule has 0 fully saturated rings. The van der Waals surface area contributed by atoms with Crippen LogP contribution in [0.25, 0.3) is 5.65 Å². The van der Waals surface area contributed by atoms with E-state index >= 15 is 0 Å². The van der Waals surface area contributed by atoms with Crippen LogP contribution in [-0.2, 0) is 18.3 Å². The van der Waals surface area contributed by atoms with Crippen LogP contribution in [-0.4, -0.2) is 15.1 Å². The van der Waals surface area contributed by atoms with Gasteiger partial charge in [-0.3, -0.25) is 9.20 Å². The average molecular weight is 378 g/mol. The van der Waals surface area contributed by atoms with E-state index in [1.807, 2.05) is 6.07 Å². The van der Waals surface area contributed by atoms with E-state index in [1.165, 1.54) is 22.6 Å². The molecule has 0 aliphatic rings. The van der Waals surface area contributed by atoms with Gasteiger partial charge in [0.15, 0.2) is 0 Å². The van der Waals surface area contributed by atoms with E-state index in [-0.39, 0.29) is 5.56 Å². The van der Waals surface area contributed by atoms with Gasteiger partial charge in [0, 0.05) is 18.0 Å². The third kappa shape index (κ3) is 4.66. The molecule has 2 heterocycles. The van der Waals surface area contributed by atoms with Gasteiger partial charge >= 0.3 is 6.18 Å². The SMILES string of the molecule is O=c1cc(CSCCCc2ccc(C(F)(F)F)cc2)nc2ccccn12. The van der Waals surface area contributed by atoms with E-state index in [4.69, 9.17) is 0 Å². The summed E-state index contributed by atoms with van der Waals surface area (Å²) in [6.07, 6.45) is -1.03. The minimum atomic E-state index is -4.29. The Bertz CT molecular complexity index is 936. The molecule has 0 aliphatic carbocycles. The second kappa shape index (κ2) is 7.95. The molecule has 26 heavy (non-hydrogen) atoms. The highest BCUT2D eigenvalue weighted by molar-refractivity contribution is 7.98. The molecule has 2 aromatic heterocycles. The Morgan fingerprint density at radius 2 is 1.85 bits per heavy atom. The maximum Gasteiger partial charge on any atom is 0.416 e. The van der Waals surface area contributed by atoms with E-state index in [0.29, 0.717) is 11.4 Å². The van der Waals surface area contributed by atoms with E-state index in [1.54, 1.807) is 30.1 Å². The molecule has 0 aliphatic heterocycles. The topological polar surface area (TPSA) is 34.4 Å². The molecule has 7 heteroatoms. The molecule has 0 unspecified atom stereocenters. The van der Waals surface area contributed by atoms with Crippen molar-refractivity contribution in [2.24, 2.45) is 0 Å². The van der Waals surface area contributed by atoms with Crippen molar-refractivity contribution in [3.63, 3.8) is 0 Å². The number of aromatic nitrogens is 2. The number of halogens is 3. The largest absolute Gasteiger partial charge is 0.416 e. The normalized spacial score (nSPS) is 11.8. The lowest BCUT2D eigenvalue weighted by Crippen LogP contribution is -2.14. The fraction of sp³-hybridized carbons (Fsp3) is 0.263. The van der Waals surface area contributed by atoms with Crippen LogP contribution >= 0.6 is 11.8 Å². The Morgan fingerprint density at radius 1 is 1.08 bits per heavy atom. The van der Waals surface area contributed by atoms with Crippen LogP contribution in [0.1, 0.15) is 23.2 Å². The summed E-state index contributed by atoms with van der Waals surface area (Å²) in [6.45, 7) is 0. The van der Waals surface area contributed by atoms with Gasteiger partial charge in [0.1, 0.15) is 5.65 Å². The minimum absolute atomic E-state index is 0.101. The zero-order valence-corrected chi connectivity index (χ0v) is 14.7. The van der Waals surface area contributed by atoms with Gasteiger partial charge in [-0.1, -0.05) is 18.2 Å². The Morgan fingerprint density at radius 3 is 2.58 bits per heavy atom. The van der Waals surface area contributed by atoms with E-state index < -0.39 is 11.7 Å². The van der Waals surface area contributed by atoms with Crippen LogP contribution in [0.4, 0.5) is 13.2 Å². The second-order valence-electron chi connectivity index (χ2n) is 5.87. The summed E-state index contributed by atoms with van der Waals surface area (Å²) in [5.41, 5.74) is 1.53. The van der Waals surface area contributed by atoms with Crippen molar-refractivity contribution in [3.05, 3.63) is 81.9 Å². The molecule has 0 amide bonds. The highest BCUT2D eigenvalue weighted by atomic mass is 32.2. The number of hydrogen-bond acceptors (Lipinski definition) is 3. The quantitative estimate of drug-likeness (QED) is 0.589. The molecular weight excluding hydrogens is 361 g/mol. The van der Waals surface area contributed by atoms with Gasteiger partial charge < -0.3 is 0 Å². The maximum absolute atomic E-state index is 12.5. The molecule has 3 nitrogen and oxygen atoms in total. The van der Waals surface area contributed by atoms with Crippen LogP contribution in [0.15, 0.2) is 59.5 Å².